The van der Waals surface area contributed by atoms with Crippen molar-refractivity contribution in [3.63, 3.8) is 0 Å². The minimum absolute atomic E-state index is 0.115. The van der Waals surface area contributed by atoms with E-state index in [-0.39, 0.29) is 12.5 Å². The monoisotopic (exact) mass is 311 g/mol. The van der Waals surface area contributed by atoms with Gasteiger partial charge < -0.3 is 15.2 Å². The number of aliphatic carboxylic acids is 1. The number of hydrogen-bond donors (Lipinski definition) is 2. The first-order valence-electron chi connectivity index (χ1n) is 6.68. The van der Waals surface area contributed by atoms with Crippen LogP contribution in [0.25, 0.3) is 0 Å². The van der Waals surface area contributed by atoms with E-state index in [1.165, 1.54) is 0 Å². The number of carboxylic acid groups (broad SMARTS) is 1. The second-order valence-corrected chi connectivity index (χ2v) is 5.58. The van der Waals surface area contributed by atoms with Crippen LogP contribution >= 0.6 is 11.8 Å². The van der Waals surface area contributed by atoms with Gasteiger partial charge in [0.2, 0.25) is 5.91 Å². The molecule has 0 saturated heterocycles. The fourth-order valence-corrected chi connectivity index (χ4v) is 2.29. The minimum Gasteiger partial charge on any atom is -0.496 e. The lowest BCUT2D eigenvalue weighted by Crippen LogP contribution is -2.34. The summed E-state index contributed by atoms with van der Waals surface area (Å²) < 4.78 is 5.22. The predicted octanol–water partition coefficient (Wildman–Crippen LogP) is 1.81. The van der Waals surface area contributed by atoms with Crippen LogP contribution in [0.5, 0.6) is 5.75 Å². The number of hydrogen-bond acceptors (Lipinski definition) is 4. The van der Waals surface area contributed by atoms with Gasteiger partial charge in [-0.3, -0.25) is 9.59 Å². The smallest absolute Gasteiger partial charge is 0.308 e. The van der Waals surface area contributed by atoms with Gasteiger partial charge in [-0.2, -0.15) is 11.8 Å². The standard InChI is InChI=1S/C15H21NO4S/c1-20-13-6-4-3-5-11(13)9-12(15(18)19)10-16-14(17)7-8-21-2/h3-6,12H,7-10H2,1-2H3,(H,16,17)(H,18,19). The number of thioether (sulfide) groups is 1. The zero-order valence-corrected chi connectivity index (χ0v) is 13.1. The zero-order chi connectivity index (χ0) is 15.7. The van der Waals surface area contributed by atoms with Gasteiger partial charge in [0.1, 0.15) is 5.75 Å². The van der Waals surface area contributed by atoms with E-state index in [0.717, 1.165) is 11.3 Å². The Bertz CT molecular complexity index is 478. The van der Waals surface area contributed by atoms with Crippen molar-refractivity contribution < 1.29 is 19.4 Å². The van der Waals surface area contributed by atoms with Crippen LogP contribution in [-0.2, 0) is 16.0 Å². The van der Waals surface area contributed by atoms with Crippen molar-refractivity contribution in [2.24, 2.45) is 5.92 Å². The van der Waals surface area contributed by atoms with Crippen molar-refractivity contribution in [3.8, 4) is 5.75 Å². The number of rotatable bonds is 9. The van der Waals surface area contributed by atoms with Crippen LogP contribution < -0.4 is 10.1 Å². The summed E-state index contributed by atoms with van der Waals surface area (Å²) in [5.74, 6) is -0.311. The molecule has 0 saturated carbocycles. The summed E-state index contributed by atoms with van der Waals surface area (Å²) in [7, 11) is 1.55. The third-order valence-electron chi connectivity index (χ3n) is 3.09. The highest BCUT2D eigenvalue weighted by molar-refractivity contribution is 7.98. The van der Waals surface area contributed by atoms with E-state index in [1.807, 2.05) is 24.5 Å². The van der Waals surface area contributed by atoms with Crippen LogP contribution in [0.15, 0.2) is 24.3 Å². The molecule has 1 rings (SSSR count). The Kier molecular flexibility index (Phi) is 7.68. The Balaban J connectivity index is 2.62. The molecule has 0 fully saturated rings. The molecule has 0 aliphatic heterocycles. The van der Waals surface area contributed by atoms with E-state index in [9.17, 15) is 14.7 Å². The molecule has 0 bridgehead atoms. The maximum atomic E-state index is 11.6. The lowest BCUT2D eigenvalue weighted by molar-refractivity contribution is -0.141. The molecule has 0 aliphatic carbocycles. The molecular weight excluding hydrogens is 290 g/mol. The highest BCUT2D eigenvalue weighted by atomic mass is 32.2. The van der Waals surface area contributed by atoms with Crippen molar-refractivity contribution in [1.82, 2.24) is 5.32 Å². The number of carbonyl (C=O) groups excluding carboxylic acids is 1. The maximum absolute atomic E-state index is 11.6. The van der Waals surface area contributed by atoms with Crippen LogP contribution in [0, 0.1) is 5.92 Å². The number of carbonyl (C=O) groups is 2. The highest BCUT2D eigenvalue weighted by Crippen LogP contribution is 2.21. The number of benzene rings is 1. The molecule has 0 aromatic heterocycles. The van der Waals surface area contributed by atoms with Crippen molar-refractivity contribution in [1.29, 1.82) is 0 Å². The van der Waals surface area contributed by atoms with E-state index in [1.54, 1.807) is 24.9 Å². The van der Waals surface area contributed by atoms with Gasteiger partial charge in [0, 0.05) is 18.7 Å². The normalized spacial score (nSPS) is 11.7. The summed E-state index contributed by atoms with van der Waals surface area (Å²) in [6.45, 7) is 0.126. The Morgan fingerprint density at radius 2 is 2.10 bits per heavy atom. The van der Waals surface area contributed by atoms with Crippen molar-refractivity contribution >= 4 is 23.6 Å². The molecule has 1 atom stereocenters. The van der Waals surface area contributed by atoms with E-state index >= 15 is 0 Å². The van der Waals surface area contributed by atoms with Crippen LogP contribution in [0.4, 0.5) is 0 Å². The van der Waals surface area contributed by atoms with Crippen molar-refractivity contribution in [2.75, 3.05) is 25.7 Å². The average molecular weight is 311 g/mol. The van der Waals surface area contributed by atoms with Crippen molar-refractivity contribution in [3.05, 3.63) is 29.8 Å². The van der Waals surface area contributed by atoms with Crippen LogP contribution in [0.1, 0.15) is 12.0 Å². The van der Waals surface area contributed by atoms with E-state index in [4.69, 9.17) is 4.74 Å². The molecule has 0 heterocycles. The molecule has 0 spiro atoms. The molecule has 1 amide bonds. The molecule has 1 aromatic rings. The SMILES string of the molecule is COc1ccccc1CC(CNC(=O)CCSC)C(=O)O. The van der Waals surface area contributed by atoms with Gasteiger partial charge in [-0.1, -0.05) is 18.2 Å². The quantitative estimate of drug-likeness (QED) is 0.727. The number of carboxylic acids is 1. The summed E-state index contributed by atoms with van der Waals surface area (Å²) in [5.41, 5.74) is 0.825. The second-order valence-electron chi connectivity index (χ2n) is 4.60. The first-order valence-corrected chi connectivity index (χ1v) is 8.08. The lowest BCUT2D eigenvalue weighted by atomic mass is 9.98. The summed E-state index contributed by atoms with van der Waals surface area (Å²) in [6.07, 6.45) is 2.65. The molecule has 2 N–H and O–H groups in total. The van der Waals surface area contributed by atoms with Gasteiger partial charge in [-0.25, -0.2) is 0 Å². The molecule has 5 nitrogen and oxygen atoms in total. The first-order chi connectivity index (χ1) is 10.1. The van der Waals surface area contributed by atoms with E-state index in [2.05, 4.69) is 5.32 Å². The number of ether oxygens (including phenoxy) is 1. The predicted molar refractivity (Wildman–Crippen MR) is 83.8 cm³/mol. The molecule has 116 valence electrons. The number of amides is 1. The number of methoxy groups -OCH3 is 1. The van der Waals surface area contributed by atoms with Crippen molar-refractivity contribution in [2.45, 2.75) is 12.8 Å². The van der Waals surface area contributed by atoms with Crippen LogP contribution in [0.3, 0.4) is 0 Å². The topological polar surface area (TPSA) is 75.6 Å². The van der Waals surface area contributed by atoms with Gasteiger partial charge in [-0.15, -0.1) is 0 Å². The average Bonchev–Trinajstić information content (AvgIpc) is 2.49. The van der Waals surface area contributed by atoms with Gasteiger partial charge in [0.25, 0.3) is 0 Å². The molecule has 6 heteroatoms. The molecule has 21 heavy (non-hydrogen) atoms. The van der Waals surface area contributed by atoms with E-state index in [0.29, 0.717) is 18.6 Å². The third-order valence-corrected chi connectivity index (χ3v) is 3.70. The fourth-order valence-electron chi connectivity index (χ4n) is 1.90. The Morgan fingerprint density at radius 3 is 2.71 bits per heavy atom. The Labute approximate surface area is 129 Å². The maximum Gasteiger partial charge on any atom is 0.308 e. The summed E-state index contributed by atoms with van der Waals surface area (Å²) in [6, 6.07) is 7.31. The van der Waals surface area contributed by atoms with Gasteiger partial charge in [0.15, 0.2) is 0 Å². The summed E-state index contributed by atoms with van der Waals surface area (Å²) in [5, 5.41) is 12.0. The molecular formula is C15H21NO4S. The first kappa shape index (κ1) is 17.4. The van der Waals surface area contributed by atoms with Crippen LogP contribution in [0.2, 0.25) is 0 Å². The molecule has 0 aliphatic rings. The number of para-hydroxylation sites is 1. The lowest BCUT2D eigenvalue weighted by Gasteiger charge is -2.15. The fraction of sp³-hybridized carbons (Fsp3) is 0.467. The summed E-state index contributed by atoms with van der Waals surface area (Å²) in [4.78, 5) is 22.9. The minimum atomic E-state index is -0.925. The largest absolute Gasteiger partial charge is 0.496 e. The van der Waals surface area contributed by atoms with Gasteiger partial charge in [0.05, 0.1) is 13.0 Å². The van der Waals surface area contributed by atoms with Gasteiger partial charge in [-0.05, 0) is 24.3 Å². The molecule has 0 radical (unpaired) electrons. The van der Waals surface area contributed by atoms with Gasteiger partial charge >= 0.3 is 5.97 Å². The second kappa shape index (κ2) is 9.28. The van der Waals surface area contributed by atoms with E-state index < -0.39 is 11.9 Å². The van der Waals surface area contributed by atoms with Crippen LogP contribution in [-0.4, -0.2) is 42.6 Å². The Morgan fingerprint density at radius 1 is 1.38 bits per heavy atom. The highest BCUT2D eigenvalue weighted by Gasteiger charge is 2.20. The summed E-state index contributed by atoms with van der Waals surface area (Å²) >= 11 is 1.58. The molecule has 1 unspecified atom stereocenters. The third kappa shape index (κ3) is 6.08. The zero-order valence-electron chi connectivity index (χ0n) is 12.3. The number of nitrogens with one attached hydrogen (secondary N) is 1. The molecule has 1 aromatic carbocycles. The Hall–Kier alpha value is -1.69.